The van der Waals surface area contributed by atoms with Gasteiger partial charge in [0.1, 0.15) is 12.4 Å². The van der Waals surface area contributed by atoms with E-state index in [4.69, 9.17) is 5.11 Å². The zero-order valence-electron chi connectivity index (χ0n) is 10.5. The van der Waals surface area contributed by atoms with Crippen molar-refractivity contribution in [2.75, 3.05) is 19.7 Å². The number of benzene rings is 1. The second-order valence-corrected chi connectivity index (χ2v) is 6.03. The lowest BCUT2D eigenvalue weighted by molar-refractivity contribution is -0.136. The van der Waals surface area contributed by atoms with Gasteiger partial charge < -0.3 is 5.11 Å². The Hall–Kier alpha value is -1.19. The van der Waals surface area contributed by atoms with Crippen molar-refractivity contribution in [3.63, 3.8) is 0 Å². The molecular formula is C11H13F4NO3S. The molecule has 0 atom stereocenters. The standard InChI is InChI=1S/C11H13F4NO3S/c1-8-2-3-9(6-10(8)12)20(18,19)16(4-5-17)7-11(13,14)15/h2-3,6,17H,4-5,7H2,1H3. The van der Waals surface area contributed by atoms with E-state index in [0.717, 1.165) is 12.1 Å². The number of aliphatic hydroxyl groups excluding tert-OH is 1. The lowest BCUT2D eigenvalue weighted by Gasteiger charge is -2.22. The first-order valence-electron chi connectivity index (χ1n) is 5.52. The van der Waals surface area contributed by atoms with Gasteiger partial charge in [-0.25, -0.2) is 12.8 Å². The van der Waals surface area contributed by atoms with Crippen molar-refractivity contribution in [2.24, 2.45) is 0 Å². The molecule has 0 amide bonds. The van der Waals surface area contributed by atoms with Crippen LogP contribution in [0.4, 0.5) is 17.6 Å². The predicted octanol–water partition coefficient (Wildman–Crippen LogP) is 1.68. The number of hydrogen-bond acceptors (Lipinski definition) is 3. The molecule has 1 N–H and O–H groups in total. The molecule has 4 nitrogen and oxygen atoms in total. The summed E-state index contributed by atoms with van der Waals surface area (Å²) in [4.78, 5) is -0.585. The summed E-state index contributed by atoms with van der Waals surface area (Å²) in [6.07, 6.45) is -4.76. The molecule has 0 heterocycles. The van der Waals surface area contributed by atoms with Crippen LogP contribution in [0.15, 0.2) is 23.1 Å². The van der Waals surface area contributed by atoms with Gasteiger partial charge in [-0.3, -0.25) is 0 Å². The van der Waals surface area contributed by atoms with E-state index in [9.17, 15) is 26.0 Å². The fraction of sp³-hybridized carbons (Fsp3) is 0.455. The summed E-state index contributed by atoms with van der Waals surface area (Å²) in [5, 5.41) is 8.69. The summed E-state index contributed by atoms with van der Waals surface area (Å²) in [6, 6.07) is 2.84. The summed E-state index contributed by atoms with van der Waals surface area (Å²) in [6.45, 7) is -1.85. The Balaban J connectivity index is 3.18. The predicted molar refractivity (Wildman–Crippen MR) is 63.0 cm³/mol. The van der Waals surface area contributed by atoms with Crippen LogP contribution in [-0.4, -0.2) is 43.7 Å². The summed E-state index contributed by atoms with van der Waals surface area (Å²) in [5.41, 5.74) is 0.175. The third-order valence-corrected chi connectivity index (χ3v) is 4.33. The Bertz CT molecular complexity index is 572. The fourth-order valence-electron chi connectivity index (χ4n) is 1.48. The largest absolute Gasteiger partial charge is 0.402 e. The Labute approximate surface area is 113 Å². The van der Waals surface area contributed by atoms with Crippen LogP contribution >= 0.6 is 0 Å². The van der Waals surface area contributed by atoms with Crippen LogP contribution in [-0.2, 0) is 10.0 Å². The molecule has 0 aromatic heterocycles. The van der Waals surface area contributed by atoms with E-state index in [2.05, 4.69) is 0 Å². The highest BCUT2D eigenvalue weighted by Gasteiger charge is 2.36. The second kappa shape index (κ2) is 6.06. The summed E-state index contributed by atoms with van der Waals surface area (Å²) < 4.78 is 74.5. The molecule has 1 rings (SSSR count). The van der Waals surface area contributed by atoms with Crippen molar-refractivity contribution in [1.82, 2.24) is 4.31 Å². The van der Waals surface area contributed by atoms with Gasteiger partial charge in [0.15, 0.2) is 0 Å². The van der Waals surface area contributed by atoms with Crippen molar-refractivity contribution < 1.29 is 31.1 Å². The second-order valence-electron chi connectivity index (χ2n) is 4.09. The van der Waals surface area contributed by atoms with E-state index in [1.165, 1.54) is 6.92 Å². The minimum atomic E-state index is -4.76. The highest BCUT2D eigenvalue weighted by Crippen LogP contribution is 2.23. The average molecular weight is 315 g/mol. The van der Waals surface area contributed by atoms with E-state index in [-0.39, 0.29) is 9.87 Å². The Kier molecular flexibility index (Phi) is 5.11. The number of hydrogen-bond donors (Lipinski definition) is 1. The molecule has 0 aliphatic carbocycles. The Morgan fingerprint density at radius 1 is 1.30 bits per heavy atom. The summed E-state index contributed by atoms with van der Waals surface area (Å²) >= 11 is 0. The normalized spacial score (nSPS) is 12.9. The maximum absolute atomic E-state index is 13.3. The number of halogens is 4. The van der Waals surface area contributed by atoms with Gasteiger partial charge in [-0.05, 0) is 24.6 Å². The number of nitrogens with zero attached hydrogens (tertiary/aromatic N) is 1. The third-order valence-electron chi connectivity index (χ3n) is 2.49. The van der Waals surface area contributed by atoms with Crippen LogP contribution < -0.4 is 0 Å². The minimum absolute atomic E-state index is 0.0666. The average Bonchev–Trinajstić information content (AvgIpc) is 2.30. The van der Waals surface area contributed by atoms with Crippen LogP contribution in [0.5, 0.6) is 0 Å². The van der Waals surface area contributed by atoms with Gasteiger partial charge in [-0.15, -0.1) is 0 Å². The molecule has 0 aliphatic heterocycles. The highest BCUT2D eigenvalue weighted by atomic mass is 32.2. The van der Waals surface area contributed by atoms with Crippen LogP contribution in [0.1, 0.15) is 5.56 Å². The minimum Gasteiger partial charge on any atom is -0.395 e. The number of aliphatic hydroxyl groups is 1. The molecule has 1 aromatic carbocycles. The van der Waals surface area contributed by atoms with E-state index >= 15 is 0 Å². The van der Waals surface area contributed by atoms with Crippen molar-refractivity contribution in [2.45, 2.75) is 18.0 Å². The van der Waals surface area contributed by atoms with E-state index in [0.29, 0.717) is 6.07 Å². The molecule has 0 saturated carbocycles. The molecule has 114 valence electrons. The molecule has 0 aliphatic rings. The molecule has 9 heteroatoms. The van der Waals surface area contributed by atoms with Crippen molar-refractivity contribution in [3.05, 3.63) is 29.6 Å². The molecule has 0 radical (unpaired) electrons. The van der Waals surface area contributed by atoms with Crippen molar-refractivity contribution in [1.29, 1.82) is 0 Å². The summed E-state index contributed by atoms with van der Waals surface area (Å²) in [5.74, 6) is -0.831. The smallest absolute Gasteiger partial charge is 0.395 e. The van der Waals surface area contributed by atoms with E-state index < -0.39 is 46.6 Å². The molecule has 1 aromatic rings. The highest BCUT2D eigenvalue weighted by molar-refractivity contribution is 7.89. The molecule has 0 bridgehead atoms. The molecule has 0 unspecified atom stereocenters. The summed E-state index contributed by atoms with van der Waals surface area (Å²) in [7, 11) is -4.52. The van der Waals surface area contributed by atoms with Crippen LogP contribution in [0.25, 0.3) is 0 Å². The van der Waals surface area contributed by atoms with Crippen LogP contribution in [0, 0.1) is 12.7 Å². The maximum atomic E-state index is 13.3. The van der Waals surface area contributed by atoms with Gasteiger partial charge in [-0.2, -0.15) is 17.5 Å². The first kappa shape index (κ1) is 16.9. The Morgan fingerprint density at radius 3 is 2.35 bits per heavy atom. The van der Waals surface area contributed by atoms with Gasteiger partial charge in [0.25, 0.3) is 0 Å². The van der Waals surface area contributed by atoms with Crippen LogP contribution in [0.2, 0.25) is 0 Å². The monoisotopic (exact) mass is 315 g/mol. The molecular weight excluding hydrogens is 302 g/mol. The lowest BCUT2D eigenvalue weighted by Crippen LogP contribution is -2.40. The number of rotatable bonds is 5. The first-order chi connectivity index (χ1) is 9.08. The van der Waals surface area contributed by atoms with Gasteiger partial charge in [0, 0.05) is 6.54 Å². The van der Waals surface area contributed by atoms with Crippen molar-refractivity contribution >= 4 is 10.0 Å². The zero-order valence-corrected chi connectivity index (χ0v) is 11.3. The molecule has 0 fully saturated rings. The quantitative estimate of drug-likeness (QED) is 0.841. The molecule has 20 heavy (non-hydrogen) atoms. The number of alkyl halides is 3. The number of aryl methyl sites for hydroxylation is 1. The lowest BCUT2D eigenvalue weighted by atomic mass is 10.2. The zero-order chi connectivity index (χ0) is 15.6. The van der Waals surface area contributed by atoms with Gasteiger partial charge >= 0.3 is 6.18 Å². The van der Waals surface area contributed by atoms with E-state index in [1.807, 2.05) is 0 Å². The van der Waals surface area contributed by atoms with E-state index in [1.54, 1.807) is 0 Å². The Morgan fingerprint density at radius 2 is 1.90 bits per heavy atom. The third kappa shape index (κ3) is 4.15. The van der Waals surface area contributed by atoms with Gasteiger partial charge in [0.05, 0.1) is 11.5 Å². The maximum Gasteiger partial charge on any atom is 0.402 e. The topological polar surface area (TPSA) is 57.6 Å². The van der Waals surface area contributed by atoms with Crippen LogP contribution in [0.3, 0.4) is 0 Å². The fourth-order valence-corrected chi connectivity index (χ4v) is 2.91. The molecule has 0 spiro atoms. The molecule has 0 saturated heterocycles. The number of sulfonamides is 1. The van der Waals surface area contributed by atoms with Gasteiger partial charge in [0.2, 0.25) is 10.0 Å². The SMILES string of the molecule is Cc1ccc(S(=O)(=O)N(CCO)CC(F)(F)F)cc1F. The van der Waals surface area contributed by atoms with Gasteiger partial charge in [-0.1, -0.05) is 6.07 Å². The first-order valence-corrected chi connectivity index (χ1v) is 6.96. The van der Waals surface area contributed by atoms with Crippen molar-refractivity contribution in [3.8, 4) is 0 Å².